The Balaban J connectivity index is 1.53. The van der Waals surface area contributed by atoms with Gasteiger partial charge in [0.25, 0.3) is 0 Å². The van der Waals surface area contributed by atoms with Crippen molar-refractivity contribution in [1.82, 2.24) is 0 Å². The third kappa shape index (κ3) is 2.95. The lowest BCUT2D eigenvalue weighted by Gasteiger charge is -2.04. The van der Waals surface area contributed by atoms with Crippen molar-refractivity contribution < 1.29 is 4.79 Å². The molecule has 0 unspecified atom stereocenters. The molecule has 0 amide bonds. The minimum atomic E-state index is 0.181. The van der Waals surface area contributed by atoms with Gasteiger partial charge in [0.05, 0.1) is 0 Å². The van der Waals surface area contributed by atoms with Crippen molar-refractivity contribution in [2.75, 3.05) is 0 Å². The summed E-state index contributed by atoms with van der Waals surface area (Å²) in [5.74, 6) is 0.181. The van der Waals surface area contributed by atoms with Crippen LogP contribution in [0, 0.1) is 0 Å². The van der Waals surface area contributed by atoms with E-state index in [4.69, 9.17) is 0 Å². The van der Waals surface area contributed by atoms with Crippen LogP contribution in [0.1, 0.15) is 24.0 Å². The van der Waals surface area contributed by atoms with Gasteiger partial charge in [0.15, 0.2) is 5.78 Å². The number of benzene rings is 4. The lowest BCUT2D eigenvalue weighted by molar-refractivity contribution is -0.111. The zero-order valence-electron chi connectivity index (χ0n) is 15.6. The molecule has 28 heavy (non-hydrogen) atoms. The fourth-order valence-corrected chi connectivity index (χ4v) is 4.11. The highest BCUT2D eigenvalue weighted by Crippen LogP contribution is 2.32. The van der Waals surface area contributed by atoms with Crippen LogP contribution in [0.3, 0.4) is 0 Å². The molecule has 0 heterocycles. The van der Waals surface area contributed by atoms with Crippen LogP contribution in [-0.2, 0) is 4.79 Å². The number of allylic oxidation sites excluding steroid dienone is 2. The molecule has 0 radical (unpaired) electrons. The highest BCUT2D eigenvalue weighted by molar-refractivity contribution is 6.16. The van der Waals surface area contributed by atoms with E-state index in [9.17, 15) is 4.79 Å². The predicted octanol–water partition coefficient (Wildman–Crippen LogP) is 6.82. The Labute approximate surface area is 164 Å². The summed E-state index contributed by atoms with van der Waals surface area (Å²) in [6, 6.07) is 29.2. The van der Waals surface area contributed by atoms with E-state index in [0.717, 1.165) is 35.1 Å². The maximum absolute atomic E-state index is 13.0. The maximum Gasteiger partial charge on any atom is 0.185 e. The first kappa shape index (κ1) is 16.7. The zero-order chi connectivity index (χ0) is 18.9. The zero-order valence-corrected chi connectivity index (χ0v) is 15.6. The molecule has 134 valence electrons. The first-order valence-corrected chi connectivity index (χ1v) is 9.71. The van der Waals surface area contributed by atoms with Crippen LogP contribution in [0.2, 0.25) is 0 Å². The fourth-order valence-electron chi connectivity index (χ4n) is 4.11. The van der Waals surface area contributed by atoms with Gasteiger partial charge in [0, 0.05) is 11.1 Å². The molecule has 1 saturated carbocycles. The Bertz CT molecular complexity index is 1160. The minimum Gasteiger partial charge on any atom is -0.289 e. The Hall–Kier alpha value is -3.45. The van der Waals surface area contributed by atoms with E-state index in [0.29, 0.717) is 0 Å². The molecule has 0 saturated heterocycles. The molecule has 1 fully saturated rings. The normalized spacial score (nSPS) is 17.2. The van der Waals surface area contributed by atoms with E-state index in [1.54, 1.807) is 0 Å². The summed E-state index contributed by atoms with van der Waals surface area (Å²) in [7, 11) is 0. The molecule has 4 aromatic rings. The molecule has 0 bridgehead atoms. The third-order valence-electron chi connectivity index (χ3n) is 5.55. The molecule has 1 heteroatoms. The van der Waals surface area contributed by atoms with E-state index in [-0.39, 0.29) is 5.78 Å². The van der Waals surface area contributed by atoms with E-state index < -0.39 is 0 Å². The average molecular weight is 360 g/mol. The van der Waals surface area contributed by atoms with Crippen molar-refractivity contribution in [3.05, 3.63) is 107 Å². The summed E-state index contributed by atoms with van der Waals surface area (Å²) in [5, 5.41) is 4.79. The van der Waals surface area contributed by atoms with Gasteiger partial charge in [-0.05, 0) is 57.7 Å². The molecular formula is C27H20O. The summed E-state index contributed by atoms with van der Waals surface area (Å²) in [6.07, 6.45) is 5.76. The van der Waals surface area contributed by atoms with E-state index in [1.807, 2.05) is 24.3 Å². The van der Waals surface area contributed by atoms with Crippen molar-refractivity contribution in [1.29, 1.82) is 0 Å². The molecule has 0 atom stereocenters. The number of hydrogen-bond donors (Lipinski definition) is 0. The molecule has 0 spiro atoms. The molecule has 1 aliphatic rings. The average Bonchev–Trinajstić information content (AvgIpc) is 3.08. The first-order valence-electron chi connectivity index (χ1n) is 9.71. The highest BCUT2D eigenvalue weighted by Gasteiger charge is 2.23. The number of ketones is 1. The lowest BCUT2D eigenvalue weighted by Crippen LogP contribution is -1.96. The number of carbonyl (C=O) groups is 1. The quantitative estimate of drug-likeness (QED) is 0.358. The van der Waals surface area contributed by atoms with E-state index in [2.05, 4.69) is 72.8 Å². The maximum atomic E-state index is 13.0. The van der Waals surface area contributed by atoms with Crippen LogP contribution in [0.25, 0.3) is 33.7 Å². The highest BCUT2D eigenvalue weighted by atomic mass is 16.1. The Kier molecular flexibility index (Phi) is 4.14. The topological polar surface area (TPSA) is 17.1 Å². The smallest absolute Gasteiger partial charge is 0.185 e. The van der Waals surface area contributed by atoms with Crippen molar-refractivity contribution >= 4 is 39.5 Å². The molecule has 1 nitrogen and oxygen atoms in total. The summed E-state index contributed by atoms with van der Waals surface area (Å²) < 4.78 is 0. The summed E-state index contributed by atoms with van der Waals surface area (Å²) >= 11 is 0. The largest absolute Gasteiger partial charge is 0.289 e. The van der Waals surface area contributed by atoms with Crippen molar-refractivity contribution in [3.8, 4) is 0 Å². The van der Waals surface area contributed by atoms with Gasteiger partial charge in [-0.25, -0.2) is 0 Å². The minimum absolute atomic E-state index is 0.181. The van der Waals surface area contributed by atoms with Crippen molar-refractivity contribution in [2.24, 2.45) is 0 Å². The SMILES string of the molecule is O=C1/C(=C\c2cccc3ccccc23)CC/C1=C\c1cccc2ccccc12. The summed E-state index contributed by atoms with van der Waals surface area (Å²) in [4.78, 5) is 13.0. The first-order chi connectivity index (χ1) is 13.8. The van der Waals surface area contributed by atoms with Crippen LogP contribution in [0.4, 0.5) is 0 Å². The molecule has 5 rings (SSSR count). The van der Waals surface area contributed by atoms with Gasteiger partial charge in [-0.3, -0.25) is 4.79 Å². The van der Waals surface area contributed by atoms with Gasteiger partial charge in [-0.2, -0.15) is 0 Å². The molecule has 0 aliphatic heterocycles. The Morgan fingerprint density at radius 3 is 1.46 bits per heavy atom. The molecule has 1 aliphatic carbocycles. The lowest BCUT2D eigenvalue weighted by atomic mass is 10.00. The van der Waals surface area contributed by atoms with Crippen molar-refractivity contribution in [3.63, 3.8) is 0 Å². The number of fused-ring (bicyclic) bond motifs is 2. The van der Waals surface area contributed by atoms with Crippen molar-refractivity contribution in [2.45, 2.75) is 12.8 Å². The van der Waals surface area contributed by atoms with E-state index in [1.165, 1.54) is 21.5 Å². The standard InChI is InChI=1S/C27H20O/c28-27-23(17-21-11-5-9-19-7-1-3-13-25(19)21)15-16-24(27)18-22-12-6-10-20-8-2-4-14-26(20)22/h1-14,17-18H,15-16H2/b23-17-,24-18+. The number of carbonyl (C=O) groups excluding carboxylic acids is 1. The predicted molar refractivity (Wildman–Crippen MR) is 118 cm³/mol. The number of Topliss-reactive ketones (excluding diaryl/α,β-unsaturated/α-hetero) is 1. The van der Waals surface area contributed by atoms with E-state index >= 15 is 0 Å². The van der Waals surface area contributed by atoms with Crippen LogP contribution in [0.15, 0.2) is 96.1 Å². The van der Waals surface area contributed by atoms with Gasteiger partial charge in [-0.15, -0.1) is 0 Å². The van der Waals surface area contributed by atoms with Crippen LogP contribution >= 0.6 is 0 Å². The molecule has 0 aromatic heterocycles. The van der Waals surface area contributed by atoms with Gasteiger partial charge in [-0.1, -0.05) is 84.9 Å². The second kappa shape index (κ2) is 6.94. The monoisotopic (exact) mass is 360 g/mol. The summed E-state index contributed by atoms with van der Waals surface area (Å²) in [6.45, 7) is 0. The van der Waals surface area contributed by atoms with Gasteiger partial charge >= 0.3 is 0 Å². The second-order valence-corrected chi connectivity index (χ2v) is 7.31. The molecule has 4 aromatic carbocycles. The molecular weight excluding hydrogens is 340 g/mol. The Morgan fingerprint density at radius 2 is 0.964 bits per heavy atom. The number of hydrogen-bond acceptors (Lipinski definition) is 1. The fraction of sp³-hybridized carbons (Fsp3) is 0.0741. The van der Waals surface area contributed by atoms with Gasteiger partial charge in [0.2, 0.25) is 0 Å². The van der Waals surface area contributed by atoms with Gasteiger partial charge in [0.1, 0.15) is 0 Å². The van der Waals surface area contributed by atoms with Crippen LogP contribution in [-0.4, -0.2) is 5.78 Å². The van der Waals surface area contributed by atoms with Gasteiger partial charge < -0.3 is 0 Å². The number of rotatable bonds is 2. The molecule has 0 N–H and O–H groups in total. The Morgan fingerprint density at radius 1 is 0.536 bits per heavy atom. The van der Waals surface area contributed by atoms with Crippen LogP contribution in [0.5, 0.6) is 0 Å². The third-order valence-corrected chi connectivity index (χ3v) is 5.55. The second-order valence-electron chi connectivity index (χ2n) is 7.31. The van der Waals surface area contributed by atoms with Crippen LogP contribution < -0.4 is 0 Å². The summed E-state index contributed by atoms with van der Waals surface area (Å²) in [5.41, 5.74) is 4.05.